The molecule has 0 aromatic heterocycles. The maximum Gasteiger partial charge on any atom is 0.339 e. The minimum Gasteiger partial charge on any atom is -0.465 e. The zero-order valence-corrected chi connectivity index (χ0v) is 13.1. The van der Waals surface area contributed by atoms with E-state index in [4.69, 9.17) is 4.74 Å². The van der Waals surface area contributed by atoms with Gasteiger partial charge >= 0.3 is 11.9 Å². The number of carbonyl (C=O) groups excluding carboxylic acids is 3. The van der Waals surface area contributed by atoms with Crippen molar-refractivity contribution in [3.05, 3.63) is 39.4 Å². The van der Waals surface area contributed by atoms with Crippen LogP contribution in [0, 0.1) is 10.1 Å². The number of nitro groups is 1. The van der Waals surface area contributed by atoms with Gasteiger partial charge in [0.05, 0.1) is 23.2 Å². The second-order valence-corrected chi connectivity index (χ2v) is 5.35. The van der Waals surface area contributed by atoms with Gasteiger partial charge in [-0.25, -0.2) is 9.59 Å². The summed E-state index contributed by atoms with van der Waals surface area (Å²) in [5.41, 5.74) is -0.829. The molecule has 1 fully saturated rings. The summed E-state index contributed by atoms with van der Waals surface area (Å²) in [5, 5.41) is 13.6. The molecular weight excluding hydrogens is 320 g/mol. The van der Waals surface area contributed by atoms with Gasteiger partial charge in [-0.05, 0) is 25.8 Å². The molecule has 128 valence electrons. The maximum atomic E-state index is 12.1. The number of methoxy groups -OCH3 is 1. The number of carbonyl (C=O) groups is 3. The predicted molar refractivity (Wildman–Crippen MR) is 80.5 cm³/mol. The minimum absolute atomic E-state index is 0.113. The summed E-state index contributed by atoms with van der Waals surface area (Å²) in [7, 11) is 1.11. The van der Waals surface area contributed by atoms with E-state index in [1.165, 1.54) is 6.92 Å². The number of esters is 2. The van der Waals surface area contributed by atoms with E-state index in [-0.39, 0.29) is 17.2 Å². The number of nitrogens with one attached hydrogen (secondary N) is 1. The van der Waals surface area contributed by atoms with Crippen molar-refractivity contribution < 1.29 is 28.8 Å². The molecule has 1 aromatic carbocycles. The van der Waals surface area contributed by atoms with Gasteiger partial charge in [0.1, 0.15) is 0 Å². The molecule has 1 N–H and O–H groups in total. The number of hydrogen-bond donors (Lipinski definition) is 1. The van der Waals surface area contributed by atoms with Crippen LogP contribution in [0.5, 0.6) is 0 Å². The van der Waals surface area contributed by atoms with Gasteiger partial charge in [0.25, 0.3) is 11.6 Å². The summed E-state index contributed by atoms with van der Waals surface area (Å²) in [6.07, 6.45) is 0.721. The number of amides is 1. The van der Waals surface area contributed by atoms with Crippen LogP contribution in [0.3, 0.4) is 0 Å². The maximum absolute atomic E-state index is 12.1. The number of nitrogens with zero attached hydrogens (tertiary/aromatic N) is 1. The van der Waals surface area contributed by atoms with Gasteiger partial charge in [0.2, 0.25) is 0 Å². The standard InChI is InChI=1S/C15H16N2O7/c1-8(13(18)16-11-3-4-11)24-15(20)10-5-9(14(19)23-2)6-12(7-10)17(21)22/h5-8,11H,3-4H2,1-2H3,(H,16,18)/t8-/m1/s1. The molecule has 9 nitrogen and oxygen atoms in total. The third-order valence-corrected chi connectivity index (χ3v) is 3.36. The number of rotatable bonds is 6. The second kappa shape index (κ2) is 7.07. The van der Waals surface area contributed by atoms with Gasteiger partial charge in [-0.15, -0.1) is 0 Å². The van der Waals surface area contributed by atoms with Gasteiger partial charge in [-0.1, -0.05) is 0 Å². The molecule has 0 bridgehead atoms. The first-order valence-corrected chi connectivity index (χ1v) is 7.21. The lowest BCUT2D eigenvalue weighted by Gasteiger charge is -2.13. The Morgan fingerprint density at radius 2 is 1.79 bits per heavy atom. The van der Waals surface area contributed by atoms with Crippen LogP contribution in [0.25, 0.3) is 0 Å². The fraction of sp³-hybridized carbons (Fsp3) is 0.400. The highest BCUT2D eigenvalue weighted by Gasteiger charge is 2.28. The van der Waals surface area contributed by atoms with Crippen molar-refractivity contribution in [1.29, 1.82) is 0 Å². The average Bonchev–Trinajstić information content (AvgIpc) is 3.37. The number of hydrogen-bond acceptors (Lipinski definition) is 7. The molecule has 1 atom stereocenters. The Kier molecular flexibility index (Phi) is 5.12. The molecule has 0 aliphatic heterocycles. The van der Waals surface area contributed by atoms with E-state index in [1.807, 2.05) is 0 Å². The van der Waals surface area contributed by atoms with Crippen molar-refractivity contribution in [1.82, 2.24) is 5.32 Å². The van der Waals surface area contributed by atoms with E-state index < -0.39 is 34.6 Å². The zero-order chi connectivity index (χ0) is 17.9. The minimum atomic E-state index is -1.06. The molecule has 1 aliphatic carbocycles. The monoisotopic (exact) mass is 336 g/mol. The summed E-state index contributed by atoms with van der Waals surface area (Å²) in [4.78, 5) is 45.7. The zero-order valence-electron chi connectivity index (χ0n) is 13.1. The van der Waals surface area contributed by atoms with Gasteiger partial charge in [-0.3, -0.25) is 14.9 Å². The van der Waals surface area contributed by atoms with Crippen LogP contribution in [-0.4, -0.2) is 42.0 Å². The average molecular weight is 336 g/mol. The van der Waals surface area contributed by atoms with Crippen molar-refractivity contribution in [2.75, 3.05) is 7.11 Å². The molecule has 1 aliphatic rings. The molecule has 24 heavy (non-hydrogen) atoms. The quantitative estimate of drug-likeness (QED) is 0.470. The SMILES string of the molecule is COC(=O)c1cc(C(=O)O[C@H](C)C(=O)NC2CC2)cc([N+](=O)[O-])c1. The Morgan fingerprint density at radius 1 is 1.21 bits per heavy atom. The van der Waals surface area contributed by atoms with Crippen molar-refractivity contribution in [3.63, 3.8) is 0 Å². The van der Waals surface area contributed by atoms with Crippen LogP contribution in [0.1, 0.15) is 40.5 Å². The van der Waals surface area contributed by atoms with E-state index in [0.29, 0.717) is 0 Å². The normalized spacial score (nSPS) is 14.4. The van der Waals surface area contributed by atoms with Gasteiger partial charge in [0.15, 0.2) is 6.10 Å². The van der Waals surface area contributed by atoms with E-state index >= 15 is 0 Å². The van der Waals surface area contributed by atoms with Crippen LogP contribution in [0.4, 0.5) is 5.69 Å². The third-order valence-electron chi connectivity index (χ3n) is 3.36. The first-order valence-electron chi connectivity index (χ1n) is 7.21. The van der Waals surface area contributed by atoms with Crippen molar-refractivity contribution >= 4 is 23.5 Å². The van der Waals surface area contributed by atoms with Gasteiger partial charge < -0.3 is 14.8 Å². The molecule has 0 heterocycles. The summed E-state index contributed by atoms with van der Waals surface area (Å²) in [6.45, 7) is 1.40. The van der Waals surface area contributed by atoms with E-state index in [9.17, 15) is 24.5 Å². The number of non-ortho nitro benzene ring substituents is 1. The summed E-state index contributed by atoms with van der Waals surface area (Å²) in [5.74, 6) is -2.21. The lowest BCUT2D eigenvalue weighted by Crippen LogP contribution is -2.37. The van der Waals surface area contributed by atoms with Crippen LogP contribution in [0.2, 0.25) is 0 Å². The largest absolute Gasteiger partial charge is 0.465 e. The van der Waals surface area contributed by atoms with E-state index in [2.05, 4.69) is 10.1 Å². The molecule has 9 heteroatoms. The number of ether oxygens (including phenoxy) is 2. The first-order chi connectivity index (χ1) is 11.3. The van der Waals surface area contributed by atoms with Crippen LogP contribution in [-0.2, 0) is 14.3 Å². The molecule has 0 unspecified atom stereocenters. The smallest absolute Gasteiger partial charge is 0.339 e. The topological polar surface area (TPSA) is 125 Å². The summed E-state index contributed by atoms with van der Waals surface area (Å²) < 4.78 is 9.50. The summed E-state index contributed by atoms with van der Waals surface area (Å²) in [6, 6.07) is 3.20. The molecule has 2 rings (SSSR count). The molecule has 0 spiro atoms. The van der Waals surface area contributed by atoms with Crippen LogP contribution < -0.4 is 5.32 Å². The highest BCUT2D eigenvalue weighted by atomic mass is 16.6. The van der Waals surface area contributed by atoms with Crippen LogP contribution in [0.15, 0.2) is 18.2 Å². The third kappa shape index (κ3) is 4.28. The Morgan fingerprint density at radius 3 is 2.29 bits per heavy atom. The van der Waals surface area contributed by atoms with Crippen molar-refractivity contribution in [2.24, 2.45) is 0 Å². The lowest BCUT2D eigenvalue weighted by molar-refractivity contribution is -0.384. The van der Waals surface area contributed by atoms with Crippen LogP contribution >= 0.6 is 0 Å². The molecule has 1 saturated carbocycles. The van der Waals surface area contributed by atoms with Gasteiger partial charge in [-0.2, -0.15) is 0 Å². The molecule has 1 aromatic rings. The molecular formula is C15H16N2O7. The molecule has 0 radical (unpaired) electrons. The summed E-state index contributed by atoms with van der Waals surface area (Å²) >= 11 is 0. The highest BCUT2D eigenvalue weighted by molar-refractivity contribution is 5.97. The van der Waals surface area contributed by atoms with E-state index in [0.717, 1.165) is 38.2 Å². The Balaban J connectivity index is 2.17. The molecule has 1 amide bonds. The van der Waals surface area contributed by atoms with Gasteiger partial charge in [0, 0.05) is 18.2 Å². The Labute approximate surface area is 137 Å². The number of benzene rings is 1. The predicted octanol–water partition coefficient (Wildman–Crippen LogP) is 1.21. The Bertz CT molecular complexity index is 697. The first kappa shape index (κ1) is 17.4. The second-order valence-electron chi connectivity index (χ2n) is 5.35. The highest BCUT2D eigenvalue weighted by Crippen LogP contribution is 2.20. The van der Waals surface area contributed by atoms with E-state index in [1.54, 1.807) is 0 Å². The lowest BCUT2D eigenvalue weighted by atomic mass is 10.1. The fourth-order valence-corrected chi connectivity index (χ4v) is 1.90. The number of nitro benzene ring substituents is 1. The van der Waals surface area contributed by atoms with Crippen molar-refractivity contribution in [2.45, 2.75) is 31.9 Å². The van der Waals surface area contributed by atoms with Crippen molar-refractivity contribution in [3.8, 4) is 0 Å². The Hall–Kier alpha value is -2.97. The molecule has 0 saturated heterocycles. The fourth-order valence-electron chi connectivity index (χ4n) is 1.90.